The van der Waals surface area contributed by atoms with E-state index >= 15 is 0 Å². The van der Waals surface area contributed by atoms with Gasteiger partial charge in [-0.25, -0.2) is 4.79 Å². The Hall–Kier alpha value is -2.07. The van der Waals surface area contributed by atoms with Crippen LogP contribution in [0, 0.1) is 18.8 Å². The number of aliphatic hydroxyl groups excluding tert-OH is 1. The molecular formula is C23H30O4. The molecule has 146 valence electrons. The molecular weight excluding hydrogens is 340 g/mol. The monoisotopic (exact) mass is 370 g/mol. The molecule has 0 unspecified atom stereocenters. The maximum Gasteiger partial charge on any atom is 0.343 e. The summed E-state index contributed by atoms with van der Waals surface area (Å²) in [5.74, 6) is 0.961. The minimum Gasteiger partial charge on any atom is -0.463 e. The molecule has 1 fully saturated rings. The topological polar surface area (TPSA) is 59.7 Å². The maximum atomic E-state index is 12.6. The molecule has 4 heteroatoms. The van der Waals surface area contributed by atoms with Gasteiger partial charge in [0.2, 0.25) is 6.10 Å². The molecule has 0 aliphatic heterocycles. The van der Waals surface area contributed by atoms with Crippen molar-refractivity contribution < 1.29 is 19.1 Å². The lowest BCUT2D eigenvalue weighted by atomic mass is 9.64. The number of carbonyl (C=O) groups is 1. The highest BCUT2D eigenvalue weighted by Gasteiger charge is 2.42. The summed E-state index contributed by atoms with van der Waals surface area (Å²) >= 11 is 0. The molecule has 1 aliphatic carbocycles. The lowest BCUT2D eigenvalue weighted by Gasteiger charge is -2.44. The van der Waals surface area contributed by atoms with Gasteiger partial charge in [-0.1, -0.05) is 57.5 Å². The molecule has 2 aromatic rings. The van der Waals surface area contributed by atoms with Crippen LogP contribution in [0.25, 0.3) is 0 Å². The van der Waals surface area contributed by atoms with Crippen LogP contribution >= 0.6 is 0 Å². The van der Waals surface area contributed by atoms with Crippen LogP contribution in [0.4, 0.5) is 0 Å². The molecule has 0 amide bonds. The Morgan fingerprint density at radius 3 is 2.52 bits per heavy atom. The Labute approximate surface area is 161 Å². The van der Waals surface area contributed by atoms with E-state index in [0.29, 0.717) is 11.7 Å². The number of esters is 1. The van der Waals surface area contributed by atoms with E-state index in [9.17, 15) is 9.90 Å². The molecule has 1 aromatic carbocycles. The summed E-state index contributed by atoms with van der Waals surface area (Å²) in [5, 5.41) is 10.3. The number of hydrogen-bond donors (Lipinski definition) is 1. The number of hydrogen-bond acceptors (Lipinski definition) is 4. The van der Waals surface area contributed by atoms with Crippen molar-refractivity contribution in [2.75, 3.05) is 0 Å². The number of benzene rings is 1. The van der Waals surface area contributed by atoms with Gasteiger partial charge in [-0.15, -0.1) is 0 Å². The predicted molar refractivity (Wildman–Crippen MR) is 104 cm³/mol. The number of aliphatic hydroxyl groups is 1. The van der Waals surface area contributed by atoms with Gasteiger partial charge in [0, 0.05) is 5.92 Å². The summed E-state index contributed by atoms with van der Waals surface area (Å²) < 4.78 is 11.2. The van der Waals surface area contributed by atoms with Crippen molar-refractivity contribution in [3.63, 3.8) is 0 Å². The fourth-order valence-electron chi connectivity index (χ4n) is 4.30. The smallest absolute Gasteiger partial charge is 0.343 e. The van der Waals surface area contributed by atoms with Crippen LogP contribution in [0.2, 0.25) is 0 Å². The first-order valence-electron chi connectivity index (χ1n) is 9.79. The third-order valence-corrected chi connectivity index (χ3v) is 6.02. The van der Waals surface area contributed by atoms with E-state index in [1.165, 1.54) is 5.56 Å². The van der Waals surface area contributed by atoms with Crippen LogP contribution in [-0.4, -0.2) is 17.2 Å². The average molecular weight is 370 g/mol. The van der Waals surface area contributed by atoms with Gasteiger partial charge in [0.15, 0.2) is 0 Å². The Kier molecular flexibility index (Phi) is 5.75. The molecule has 0 saturated heterocycles. The minimum atomic E-state index is -1.38. The largest absolute Gasteiger partial charge is 0.463 e. The molecule has 0 bridgehead atoms. The van der Waals surface area contributed by atoms with Gasteiger partial charge in [0.25, 0.3) is 0 Å². The van der Waals surface area contributed by atoms with Crippen molar-refractivity contribution in [3.05, 3.63) is 59.5 Å². The van der Waals surface area contributed by atoms with E-state index in [4.69, 9.17) is 9.15 Å². The average Bonchev–Trinajstić information content (AvgIpc) is 3.08. The molecule has 1 aromatic heterocycles. The molecule has 0 spiro atoms. The van der Waals surface area contributed by atoms with E-state index in [-0.39, 0.29) is 23.2 Å². The van der Waals surface area contributed by atoms with Crippen molar-refractivity contribution in [1.82, 2.24) is 0 Å². The highest BCUT2D eigenvalue weighted by molar-refractivity contribution is 5.75. The van der Waals surface area contributed by atoms with E-state index in [0.717, 1.165) is 19.3 Å². The van der Waals surface area contributed by atoms with Gasteiger partial charge >= 0.3 is 5.97 Å². The molecule has 4 atom stereocenters. The summed E-state index contributed by atoms with van der Waals surface area (Å²) in [6.45, 7) is 8.41. The lowest BCUT2D eigenvalue weighted by Crippen LogP contribution is -2.44. The second-order valence-electron chi connectivity index (χ2n) is 8.44. The Morgan fingerprint density at radius 2 is 1.89 bits per heavy atom. The van der Waals surface area contributed by atoms with Gasteiger partial charge in [0.1, 0.15) is 17.6 Å². The maximum absolute atomic E-state index is 12.6. The first-order valence-corrected chi connectivity index (χ1v) is 9.79. The first kappa shape index (κ1) is 19.7. The summed E-state index contributed by atoms with van der Waals surface area (Å²) in [5.41, 5.74) is 1.12. The molecule has 1 N–H and O–H groups in total. The summed E-state index contributed by atoms with van der Waals surface area (Å²) in [6, 6.07) is 13.7. The first-order chi connectivity index (χ1) is 12.8. The van der Waals surface area contributed by atoms with E-state index in [1.807, 2.05) is 18.2 Å². The third-order valence-electron chi connectivity index (χ3n) is 6.02. The van der Waals surface area contributed by atoms with Crippen molar-refractivity contribution in [3.8, 4) is 0 Å². The number of carbonyl (C=O) groups excluding carboxylic acids is 1. The Bertz CT molecular complexity index is 762. The zero-order valence-electron chi connectivity index (χ0n) is 16.6. The van der Waals surface area contributed by atoms with Crippen molar-refractivity contribution in [2.45, 2.75) is 64.6 Å². The Balaban J connectivity index is 1.79. The van der Waals surface area contributed by atoms with Crippen LogP contribution in [0.15, 0.2) is 46.9 Å². The summed E-state index contributed by atoms with van der Waals surface area (Å²) in [4.78, 5) is 12.6. The number of rotatable bonds is 5. The highest BCUT2D eigenvalue weighted by atomic mass is 16.6. The predicted octanol–water partition coefficient (Wildman–Crippen LogP) is 4.95. The number of ether oxygens (including phenoxy) is 1. The van der Waals surface area contributed by atoms with E-state index in [2.05, 4.69) is 32.9 Å². The van der Waals surface area contributed by atoms with Crippen LogP contribution in [-0.2, 0) is 14.9 Å². The number of aryl methyl sites for hydroxylation is 1. The normalized spacial score (nSPS) is 24.4. The molecule has 1 aliphatic rings. The molecule has 0 radical (unpaired) electrons. The summed E-state index contributed by atoms with van der Waals surface area (Å²) in [6.07, 6.45) is 1.33. The molecule has 3 rings (SSSR count). The highest BCUT2D eigenvalue weighted by Crippen LogP contribution is 2.44. The SMILES string of the molecule is Cc1ccc([C@H](O)C(=O)O[C@@H]2C[C@H](C)CC[C@H]2C(C)(C)c2ccccc2)o1. The zero-order chi connectivity index (χ0) is 19.6. The third kappa shape index (κ3) is 4.27. The van der Waals surface area contributed by atoms with Crippen LogP contribution in [0.3, 0.4) is 0 Å². The number of furan rings is 1. The van der Waals surface area contributed by atoms with Crippen LogP contribution < -0.4 is 0 Å². The minimum absolute atomic E-state index is 0.126. The van der Waals surface area contributed by atoms with Gasteiger partial charge in [0.05, 0.1) is 0 Å². The van der Waals surface area contributed by atoms with Crippen molar-refractivity contribution in [2.24, 2.45) is 11.8 Å². The molecule has 27 heavy (non-hydrogen) atoms. The van der Waals surface area contributed by atoms with E-state index < -0.39 is 12.1 Å². The second-order valence-corrected chi connectivity index (χ2v) is 8.44. The second kappa shape index (κ2) is 7.89. The molecule has 4 nitrogen and oxygen atoms in total. The van der Waals surface area contributed by atoms with Gasteiger partial charge in [-0.05, 0) is 48.8 Å². The lowest BCUT2D eigenvalue weighted by molar-refractivity contribution is -0.167. The van der Waals surface area contributed by atoms with Gasteiger partial charge < -0.3 is 14.3 Å². The summed E-state index contributed by atoms with van der Waals surface area (Å²) in [7, 11) is 0. The van der Waals surface area contributed by atoms with Gasteiger partial charge in [-0.2, -0.15) is 0 Å². The van der Waals surface area contributed by atoms with E-state index in [1.54, 1.807) is 19.1 Å². The van der Waals surface area contributed by atoms with Crippen LogP contribution in [0.5, 0.6) is 0 Å². The zero-order valence-corrected chi connectivity index (χ0v) is 16.6. The Morgan fingerprint density at radius 1 is 1.19 bits per heavy atom. The van der Waals surface area contributed by atoms with Gasteiger partial charge in [-0.3, -0.25) is 0 Å². The molecule has 1 heterocycles. The fourth-order valence-corrected chi connectivity index (χ4v) is 4.30. The standard InChI is InChI=1S/C23H30O4/c1-15-10-12-18(23(3,4)17-8-6-5-7-9-17)20(14-15)27-22(25)21(24)19-13-11-16(2)26-19/h5-9,11,13,15,18,20-21,24H,10,12,14H2,1-4H3/t15-,18-,20-,21+/m1/s1. The quantitative estimate of drug-likeness (QED) is 0.757. The van der Waals surface area contributed by atoms with Crippen molar-refractivity contribution >= 4 is 5.97 Å². The molecule has 1 saturated carbocycles. The van der Waals surface area contributed by atoms with Crippen LogP contribution in [0.1, 0.15) is 63.2 Å². The fraction of sp³-hybridized carbons (Fsp3) is 0.522. The van der Waals surface area contributed by atoms with Crippen molar-refractivity contribution in [1.29, 1.82) is 0 Å².